The number of rotatable bonds is 4. The van der Waals surface area contributed by atoms with Crippen LogP contribution < -0.4 is 10.1 Å². The molecule has 5 rings (SSSR count). The van der Waals surface area contributed by atoms with Crippen molar-refractivity contribution in [2.24, 2.45) is 16.1 Å². The SMILES string of the molecule is COc1ccc2c(O)c(C=C3N=Nc4ccccc43)oc2c1/C=C/C1CCNCC1. The number of fused-ring (bicyclic) bond motifs is 2. The Labute approximate surface area is 174 Å². The zero-order valence-corrected chi connectivity index (χ0v) is 16.8. The molecule has 2 aromatic carbocycles. The molecule has 2 aliphatic heterocycles. The number of aromatic hydroxyl groups is 1. The Kier molecular flexibility index (Phi) is 4.85. The highest BCUT2D eigenvalue weighted by atomic mass is 16.5. The lowest BCUT2D eigenvalue weighted by Crippen LogP contribution is -2.26. The van der Waals surface area contributed by atoms with E-state index in [1.807, 2.05) is 36.4 Å². The van der Waals surface area contributed by atoms with Gasteiger partial charge in [0.25, 0.3) is 0 Å². The number of azo groups is 1. The summed E-state index contributed by atoms with van der Waals surface area (Å²) >= 11 is 0. The van der Waals surface area contributed by atoms with Crippen molar-refractivity contribution in [3.63, 3.8) is 0 Å². The molecule has 0 unspecified atom stereocenters. The summed E-state index contributed by atoms with van der Waals surface area (Å²) in [7, 11) is 1.64. The summed E-state index contributed by atoms with van der Waals surface area (Å²) in [6.45, 7) is 2.07. The Morgan fingerprint density at radius 1 is 1.13 bits per heavy atom. The zero-order valence-electron chi connectivity index (χ0n) is 16.8. The van der Waals surface area contributed by atoms with Crippen LogP contribution in [0.5, 0.6) is 11.5 Å². The minimum Gasteiger partial charge on any atom is -0.504 e. The lowest BCUT2D eigenvalue weighted by atomic mass is 9.96. The maximum atomic E-state index is 10.8. The third-order valence-corrected chi connectivity index (χ3v) is 5.71. The van der Waals surface area contributed by atoms with Gasteiger partial charge in [-0.25, -0.2) is 0 Å². The second-order valence-corrected chi connectivity index (χ2v) is 7.57. The summed E-state index contributed by atoms with van der Waals surface area (Å²) in [6.07, 6.45) is 8.23. The molecule has 0 aliphatic carbocycles. The fourth-order valence-corrected chi connectivity index (χ4v) is 4.04. The largest absolute Gasteiger partial charge is 0.504 e. The first-order valence-electron chi connectivity index (χ1n) is 10.2. The number of allylic oxidation sites excluding steroid dienone is 1. The van der Waals surface area contributed by atoms with E-state index in [2.05, 4.69) is 27.7 Å². The van der Waals surface area contributed by atoms with Gasteiger partial charge in [0.2, 0.25) is 0 Å². The van der Waals surface area contributed by atoms with E-state index in [0.29, 0.717) is 34.1 Å². The van der Waals surface area contributed by atoms with Crippen molar-refractivity contribution in [2.45, 2.75) is 12.8 Å². The Balaban J connectivity index is 1.57. The second kappa shape index (κ2) is 7.80. The molecule has 6 nitrogen and oxygen atoms in total. The Bertz CT molecular complexity index is 1180. The minimum absolute atomic E-state index is 0.0938. The van der Waals surface area contributed by atoms with Crippen LogP contribution in [0.15, 0.2) is 57.1 Å². The highest BCUT2D eigenvalue weighted by Gasteiger charge is 2.20. The zero-order chi connectivity index (χ0) is 20.5. The molecule has 152 valence electrons. The topological polar surface area (TPSA) is 79.3 Å². The van der Waals surface area contributed by atoms with Crippen molar-refractivity contribution in [1.29, 1.82) is 0 Å². The molecule has 0 radical (unpaired) electrons. The normalized spacial score (nSPS) is 18.0. The smallest absolute Gasteiger partial charge is 0.172 e. The summed E-state index contributed by atoms with van der Waals surface area (Å²) in [4.78, 5) is 0. The van der Waals surface area contributed by atoms with Gasteiger partial charge in [-0.3, -0.25) is 0 Å². The Morgan fingerprint density at radius 3 is 2.80 bits per heavy atom. The molecule has 1 aromatic heterocycles. The van der Waals surface area contributed by atoms with Gasteiger partial charge in [0.05, 0.1) is 29.4 Å². The van der Waals surface area contributed by atoms with Crippen LogP contribution in [0, 0.1) is 5.92 Å². The number of ether oxygens (including phenoxy) is 1. The summed E-state index contributed by atoms with van der Waals surface area (Å²) in [5.41, 5.74) is 3.83. The summed E-state index contributed by atoms with van der Waals surface area (Å²) in [5.74, 6) is 1.69. The number of hydrogen-bond acceptors (Lipinski definition) is 6. The van der Waals surface area contributed by atoms with E-state index in [1.165, 1.54) is 0 Å². The number of nitrogens with zero attached hydrogens (tertiary/aromatic N) is 2. The maximum absolute atomic E-state index is 10.8. The van der Waals surface area contributed by atoms with Crippen molar-refractivity contribution in [3.8, 4) is 11.5 Å². The average molecular weight is 401 g/mol. The van der Waals surface area contributed by atoms with E-state index in [1.54, 1.807) is 13.2 Å². The van der Waals surface area contributed by atoms with E-state index >= 15 is 0 Å². The number of benzene rings is 2. The molecule has 30 heavy (non-hydrogen) atoms. The van der Waals surface area contributed by atoms with E-state index in [9.17, 15) is 5.11 Å². The molecule has 3 aromatic rings. The van der Waals surface area contributed by atoms with Gasteiger partial charge in [-0.1, -0.05) is 30.4 Å². The molecule has 1 fully saturated rings. The Hall–Kier alpha value is -3.38. The van der Waals surface area contributed by atoms with Gasteiger partial charge in [-0.15, -0.1) is 10.2 Å². The third kappa shape index (κ3) is 3.29. The van der Waals surface area contributed by atoms with Gasteiger partial charge < -0.3 is 19.6 Å². The van der Waals surface area contributed by atoms with Gasteiger partial charge in [-0.05, 0) is 50.0 Å². The van der Waals surface area contributed by atoms with Crippen LogP contribution in [0.3, 0.4) is 0 Å². The number of furan rings is 1. The summed E-state index contributed by atoms with van der Waals surface area (Å²) in [6, 6.07) is 11.4. The van der Waals surface area contributed by atoms with Gasteiger partial charge >= 0.3 is 0 Å². The molecule has 1 saturated heterocycles. The number of piperidine rings is 1. The van der Waals surface area contributed by atoms with Crippen LogP contribution in [0.4, 0.5) is 5.69 Å². The van der Waals surface area contributed by atoms with E-state index in [4.69, 9.17) is 9.15 Å². The summed E-state index contributed by atoms with van der Waals surface area (Å²) < 4.78 is 11.7. The molecule has 3 heterocycles. The molecular weight excluding hydrogens is 378 g/mol. The average Bonchev–Trinajstić information content (AvgIpc) is 3.34. The van der Waals surface area contributed by atoms with E-state index in [0.717, 1.165) is 42.7 Å². The lowest BCUT2D eigenvalue weighted by Gasteiger charge is -2.19. The van der Waals surface area contributed by atoms with Crippen molar-refractivity contribution in [1.82, 2.24) is 5.32 Å². The number of methoxy groups -OCH3 is 1. The standard InChI is InChI=1S/C24H23N3O3/c1-29-21-9-8-18-23(28)22(14-20-16-4-2-3-5-19(16)26-27-20)30-24(18)17(21)7-6-15-10-12-25-13-11-15/h2-9,14-15,25,28H,10-13H2,1H3/b7-6+,20-14?. The molecule has 6 heteroatoms. The van der Waals surface area contributed by atoms with Gasteiger partial charge in [0.15, 0.2) is 11.5 Å². The van der Waals surface area contributed by atoms with Crippen LogP contribution in [0.2, 0.25) is 0 Å². The lowest BCUT2D eigenvalue weighted by molar-refractivity contribution is 0.413. The molecule has 0 atom stereocenters. The molecular formula is C24H23N3O3. The second-order valence-electron chi connectivity index (χ2n) is 7.57. The number of nitrogens with one attached hydrogen (secondary N) is 1. The van der Waals surface area contributed by atoms with Crippen LogP contribution in [0.1, 0.15) is 29.7 Å². The molecule has 0 amide bonds. The summed E-state index contributed by atoms with van der Waals surface area (Å²) in [5, 5.41) is 23.3. The fourth-order valence-electron chi connectivity index (χ4n) is 4.04. The first-order chi connectivity index (χ1) is 14.7. The van der Waals surface area contributed by atoms with Crippen LogP contribution in [-0.2, 0) is 0 Å². The monoisotopic (exact) mass is 401 g/mol. The van der Waals surface area contributed by atoms with Gasteiger partial charge in [-0.2, -0.15) is 0 Å². The quantitative estimate of drug-likeness (QED) is 0.583. The van der Waals surface area contributed by atoms with Crippen molar-refractivity contribution in [2.75, 3.05) is 20.2 Å². The first kappa shape index (κ1) is 18.6. The number of hydrogen-bond donors (Lipinski definition) is 2. The van der Waals surface area contributed by atoms with Crippen LogP contribution >= 0.6 is 0 Å². The predicted octanol–water partition coefficient (Wildman–Crippen LogP) is 5.76. The van der Waals surface area contributed by atoms with Crippen molar-refractivity contribution < 1.29 is 14.3 Å². The maximum Gasteiger partial charge on any atom is 0.172 e. The predicted molar refractivity (Wildman–Crippen MR) is 118 cm³/mol. The molecule has 0 spiro atoms. The van der Waals surface area contributed by atoms with Crippen molar-refractivity contribution >= 4 is 34.5 Å². The van der Waals surface area contributed by atoms with E-state index < -0.39 is 0 Å². The van der Waals surface area contributed by atoms with Crippen molar-refractivity contribution in [3.05, 3.63) is 59.4 Å². The third-order valence-electron chi connectivity index (χ3n) is 5.71. The molecule has 2 aliphatic rings. The van der Waals surface area contributed by atoms with Gasteiger partial charge in [0, 0.05) is 11.6 Å². The highest BCUT2D eigenvalue weighted by Crippen LogP contribution is 2.42. The fraction of sp³-hybridized carbons (Fsp3) is 0.250. The van der Waals surface area contributed by atoms with Gasteiger partial charge in [0.1, 0.15) is 11.3 Å². The molecule has 0 bridgehead atoms. The molecule has 2 N–H and O–H groups in total. The minimum atomic E-state index is 0.0938. The van der Waals surface area contributed by atoms with Crippen LogP contribution in [-0.4, -0.2) is 25.3 Å². The van der Waals surface area contributed by atoms with Crippen LogP contribution in [0.25, 0.3) is 28.8 Å². The molecule has 0 saturated carbocycles. The van der Waals surface area contributed by atoms with E-state index in [-0.39, 0.29) is 5.75 Å². The Morgan fingerprint density at radius 2 is 1.97 bits per heavy atom. The highest BCUT2D eigenvalue weighted by molar-refractivity contribution is 5.97. The first-order valence-corrected chi connectivity index (χ1v) is 10.2.